The molecule has 1 aliphatic rings. The van der Waals surface area contributed by atoms with Gasteiger partial charge in [0.2, 0.25) is 14.8 Å². The van der Waals surface area contributed by atoms with Crippen LogP contribution in [0, 0.1) is 18.6 Å². The van der Waals surface area contributed by atoms with Crippen LogP contribution in [0.5, 0.6) is 0 Å². The van der Waals surface area contributed by atoms with Gasteiger partial charge in [-0.25, -0.2) is 17.4 Å². The minimum absolute atomic E-state index is 0.230. The first-order valence-corrected chi connectivity index (χ1v) is 12.6. The van der Waals surface area contributed by atoms with E-state index in [-0.39, 0.29) is 4.90 Å². The van der Waals surface area contributed by atoms with Crippen molar-refractivity contribution in [2.24, 2.45) is 0 Å². The Hall–Kier alpha value is -2.33. The third-order valence-electron chi connectivity index (χ3n) is 5.91. The first kappa shape index (κ1) is 22.8. The van der Waals surface area contributed by atoms with Gasteiger partial charge in [0.15, 0.2) is 5.82 Å². The van der Waals surface area contributed by atoms with Gasteiger partial charge in [0.05, 0.1) is 17.3 Å². The summed E-state index contributed by atoms with van der Waals surface area (Å²) in [7, 11) is -0.502. The van der Waals surface area contributed by atoms with E-state index >= 15 is 0 Å². The van der Waals surface area contributed by atoms with Gasteiger partial charge in [-0.2, -0.15) is 0 Å². The molecule has 0 amide bonds. The summed E-state index contributed by atoms with van der Waals surface area (Å²) in [5.74, 6) is 0.641. The molecule has 1 aromatic heterocycles. The van der Waals surface area contributed by atoms with E-state index in [1.165, 1.54) is 31.2 Å². The Morgan fingerprint density at radius 2 is 1.66 bits per heavy atom. The molecule has 32 heavy (non-hydrogen) atoms. The van der Waals surface area contributed by atoms with Gasteiger partial charge in [-0.1, -0.05) is 30.3 Å². The molecule has 0 aliphatic carbocycles. The summed E-state index contributed by atoms with van der Waals surface area (Å²) < 4.78 is 31.2. The molecule has 2 aromatic carbocycles. The Labute approximate surface area is 195 Å². The number of nitrogens with zero attached hydrogens (tertiary/aromatic N) is 5. The average molecular weight is 472 g/mol. The van der Waals surface area contributed by atoms with E-state index in [0.717, 1.165) is 29.9 Å². The molecule has 7 nitrogen and oxygen atoms in total. The lowest BCUT2D eigenvalue weighted by Crippen LogP contribution is -2.23. The summed E-state index contributed by atoms with van der Waals surface area (Å²) in [6.45, 7) is 6.80. The Bertz CT molecular complexity index is 1280. The summed E-state index contributed by atoms with van der Waals surface area (Å²) >= 11 is 5.91. The minimum atomic E-state index is -3.57. The fraction of sp³-hybridized carbons (Fsp3) is 0.391. The van der Waals surface area contributed by atoms with Crippen LogP contribution in [-0.2, 0) is 16.7 Å². The normalized spacial score (nSPS) is 15.0. The maximum Gasteiger partial charge on any atom is 0.242 e. The van der Waals surface area contributed by atoms with E-state index < -0.39 is 10.0 Å². The van der Waals surface area contributed by atoms with E-state index in [1.807, 2.05) is 21.4 Å². The molecule has 1 aliphatic heterocycles. The smallest absolute Gasteiger partial charge is 0.242 e. The Kier molecular flexibility index (Phi) is 6.35. The molecule has 0 unspecified atom stereocenters. The lowest BCUT2D eigenvalue weighted by molar-refractivity contribution is 0.253. The minimum Gasteiger partial charge on any atom is -0.284 e. The number of likely N-dealkylation sites (tertiary alicyclic amines) is 1. The zero-order valence-corrected chi connectivity index (χ0v) is 20.6. The fourth-order valence-corrected chi connectivity index (χ4v) is 5.39. The molecule has 0 bridgehead atoms. The molecule has 3 aromatic rings. The molecule has 0 N–H and O–H groups in total. The molecule has 0 saturated carbocycles. The van der Waals surface area contributed by atoms with Crippen LogP contribution in [0.4, 0.5) is 0 Å². The molecule has 0 atom stereocenters. The molecule has 0 radical (unpaired) electrons. The first-order valence-electron chi connectivity index (χ1n) is 10.7. The van der Waals surface area contributed by atoms with E-state index in [2.05, 4.69) is 30.9 Å². The van der Waals surface area contributed by atoms with Crippen LogP contribution >= 0.6 is 12.2 Å². The highest BCUT2D eigenvalue weighted by molar-refractivity contribution is 7.89. The monoisotopic (exact) mass is 471 g/mol. The highest BCUT2D eigenvalue weighted by Crippen LogP contribution is 2.29. The van der Waals surface area contributed by atoms with Crippen molar-refractivity contribution in [2.45, 2.75) is 38.3 Å². The van der Waals surface area contributed by atoms with Crippen molar-refractivity contribution in [2.75, 3.05) is 27.2 Å². The van der Waals surface area contributed by atoms with Gasteiger partial charge in [-0.05, 0) is 75.3 Å². The Morgan fingerprint density at radius 1 is 1.03 bits per heavy atom. The topological polar surface area (TPSA) is 63.4 Å². The largest absolute Gasteiger partial charge is 0.284 e. The van der Waals surface area contributed by atoms with Crippen LogP contribution in [0.2, 0.25) is 0 Å². The molecule has 2 heterocycles. The zero-order valence-electron chi connectivity index (χ0n) is 18.9. The predicted molar refractivity (Wildman–Crippen MR) is 129 cm³/mol. The van der Waals surface area contributed by atoms with Crippen LogP contribution in [0.1, 0.15) is 24.0 Å². The van der Waals surface area contributed by atoms with Crippen LogP contribution in [0.15, 0.2) is 47.4 Å². The molecule has 170 valence electrons. The second-order valence-corrected chi connectivity index (χ2v) is 11.0. The van der Waals surface area contributed by atoms with Crippen molar-refractivity contribution in [3.8, 4) is 17.1 Å². The van der Waals surface area contributed by atoms with Gasteiger partial charge in [-0.15, -0.1) is 5.10 Å². The maximum absolute atomic E-state index is 12.7. The standard InChI is InChI=1S/C23H29N5O2S2/c1-17-9-7-10-18(2)21(17)28-22(24-27(23(28)31)16-26-13-5-6-14-26)19-11-8-12-20(15-19)32(29,30)25(3)4/h7-12,15H,5-6,13-14,16H2,1-4H3. The molecule has 0 spiro atoms. The lowest BCUT2D eigenvalue weighted by Gasteiger charge is -2.15. The highest BCUT2D eigenvalue weighted by Gasteiger charge is 2.22. The molecule has 1 saturated heterocycles. The summed E-state index contributed by atoms with van der Waals surface area (Å²) in [6.07, 6.45) is 2.37. The Balaban J connectivity index is 1.93. The third kappa shape index (κ3) is 4.17. The van der Waals surface area contributed by atoms with Gasteiger partial charge in [-0.3, -0.25) is 9.47 Å². The number of aromatic nitrogens is 3. The highest BCUT2D eigenvalue weighted by atomic mass is 32.2. The van der Waals surface area contributed by atoms with Gasteiger partial charge in [0, 0.05) is 19.7 Å². The molecule has 4 rings (SSSR count). The van der Waals surface area contributed by atoms with E-state index in [9.17, 15) is 8.42 Å². The summed E-state index contributed by atoms with van der Waals surface area (Å²) in [5.41, 5.74) is 3.86. The van der Waals surface area contributed by atoms with Crippen molar-refractivity contribution in [3.05, 3.63) is 58.4 Å². The van der Waals surface area contributed by atoms with E-state index in [0.29, 0.717) is 22.8 Å². The van der Waals surface area contributed by atoms with Gasteiger partial charge in [0.1, 0.15) is 0 Å². The summed E-state index contributed by atoms with van der Waals surface area (Å²) in [5, 5.41) is 4.90. The number of rotatable bonds is 6. The molecule has 1 fully saturated rings. The lowest BCUT2D eigenvalue weighted by atomic mass is 10.1. The van der Waals surface area contributed by atoms with Crippen molar-refractivity contribution >= 4 is 22.2 Å². The molecular weight excluding hydrogens is 442 g/mol. The van der Waals surface area contributed by atoms with E-state index in [1.54, 1.807) is 18.2 Å². The number of hydrogen-bond acceptors (Lipinski definition) is 5. The maximum atomic E-state index is 12.7. The van der Waals surface area contributed by atoms with Crippen molar-refractivity contribution in [3.63, 3.8) is 0 Å². The molecule has 9 heteroatoms. The summed E-state index contributed by atoms with van der Waals surface area (Å²) in [4.78, 5) is 2.57. The Morgan fingerprint density at radius 3 is 2.28 bits per heavy atom. The number of sulfonamides is 1. The fourth-order valence-electron chi connectivity index (χ4n) is 4.17. The van der Waals surface area contributed by atoms with Crippen molar-refractivity contribution < 1.29 is 8.42 Å². The van der Waals surface area contributed by atoms with Crippen molar-refractivity contribution in [1.29, 1.82) is 0 Å². The van der Waals surface area contributed by atoms with Gasteiger partial charge in [0.25, 0.3) is 0 Å². The van der Waals surface area contributed by atoms with E-state index in [4.69, 9.17) is 17.3 Å². The third-order valence-corrected chi connectivity index (χ3v) is 8.11. The first-order chi connectivity index (χ1) is 15.2. The van der Waals surface area contributed by atoms with Crippen LogP contribution < -0.4 is 0 Å². The number of aryl methyl sites for hydroxylation is 2. The second-order valence-electron chi connectivity index (χ2n) is 8.46. The SMILES string of the molecule is Cc1cccc(C)c1-n1c(-c2cccc(S(=O)(=O)N(C)C)c2)nn(CN2CCCC2)c1=S. The number of hydrogen-bond donors (Lipinski definition) is 0. The second kappa shape index (κ2) is 8.90. The zero-order chi connectivity index (χ0) is 23.0. The molecular formula is C23H29N5O2S2. The number of para-hydroxylation sites is 1. The number of benzene rings is 2. The van der Waals surface area contributed by atoms with Crippen molar-refractivity contribution in [1.82, 2.24) is 23.6 Å². The van der Waals surface area contributed by atoms with Gasteiger partial charge < -0.3 is 0 Å². The van der Waals surface area contributed by atoms with Crippen LogP contribution in [-0.4, -0.2) is 59.2 Å². The predicted octanol–water partition coefficient (Wildman–Crippen LogP) is 3.99. The summed E-state index contributed by atoms with van der Waals surface area (Å²) in [6, 6.07) is 13.1. The van der Waals surface area contributed by atoms with Gasteiger partial charge >= 0.3 is 0 Å². The van der Waals surface area contributed by atoms with Crippen LogP contribution in [0.25, 0.3) is 17.1 Å². The average Bonchev–Trinajstić information content (AvgIpc) is 3.37. The quantitative estimate of drug-likeness (QED) is 0.509. The van der Waals surface area contributed by atoms with Crippen LogP contribution in [0.3, 0.4) is 0 Å².